The second-order valence-electron chi connectivity index (χ2n) is 16.8. The van der Waals surface area contributed by atoms with Crippen molar-refractivity contribution >= 4 is 32.6 Å². The van der Waals surface area contributed by atoms with Crippen LogP contribution in [0.3, 0.4) is 0 Å². The third-order valence-electron chi connectivity index (χ3n) is 13.2. The molecule has 0 fully saturated rings. The van der Waals surface area contributed by atoms with Crippen molar-refractivity contribution in [3.05, 3.63) is 223 Å². The lowest BCUT2D eigenvalue weighted by Crippen LogP contribution is -2.09. The van der Waals surface area contributed by atoms with E-state index in [-0.39, 0.29) is 5.92 Å². The second-order valence-corrected chi connectivity index (χ2v) is 16.8. The van der Waals surface area contributed by atoms with Gasteiger partial charge < -0.3 is 9.30 Å². The largest absolute Gasteiger partial charge is 0.456 e. The van der Waals surface area contributed by atoms with Gasteiger partial charge in [0.15, 0.2) is 0 Å². The van der Waals surface area contributed by atoms with Crippen LogP contribution in [0.1, 0.15) is 29.3 Å². The molecule has 9 aromatic carbocycles. The fourth-order valence-corrected chi connectivity index (χ4v) is 10.3. The third-order valence-corrected chi connectivity index (χ3v) is 13.2. The number of fused-ring (bicyclic) bond motifs is 9. The van der Waals surface area contributed by atoms with Crippen LogP contribution < -0.4 is 4.74 Å². The van der Waals surface area contributed by atoms with E-state index in [1.54, 1.807) is 0 Å². The molecule has 1 atom stereocenters. The average Bonchev–Trinajstić information content (AvgIpc) is 3.59. The van der Waals surface area contributed by atoms with Gasteiger partial charge in [-0.1, -0.05) is 158 Å². The summed E-state index contributed by atoms with van der Waals surface area (Å²) < 4.78 is 9.42. The van der Waals surface area contributed by atoms with E-state index in [1.807, 2.05) is 0 Å². The summed E-state index contributed by atoms with van der Waals surface area (Å²) in [5, 5.41) is 4.83. The molecule has 13 rings (SSSR count). The fraction of sp³-hybridized carbons (Fsp3) is 0.0508. The summed E-state index contributed by atoms with van der Waals surface area (Å²) in [4.78, 5) is 10.8. The van der Waals surface area contributed by atoms with Gasteiger partial charge in [-0.05, 0) is 99.6 Å². The molecule has 11 aromatic rings. The molecule has 1 aliphatic heterocycles. The normalized spacial score (nSPS) is 13.9. The second kappa shape index (κ2) is 14.3. The third kappa shape index (κ3) is 5.76. The van der Waals surface area contributed by atoms with Crippen LogP contribution in [0, 0.1) is 0 Å². The quantitative estimate of drug-likeness (QED) is 0.174. The van der Waals surface area contributed by atoms with Gasteiger partial charge >= 0.3 is 0 Å². The van der Waals surface area contributed by atoms with E-state index in [0.29, 0.717) is 0 Å². The number of hydrogen-bond acceptors (Lipinski definition) is 3. The van der Waals surface area contributed by atoms with Crippen molar-refractivity contribution in [1.29, 1.82) is 0 Å². The van der Waals surface area contributed by atoms with Crippen molar-refractivity contribution in [3.8, 4) is 73.1 Å². The van der Waals surface area contributed by atoms with E-state index in [4.69, 9.17) is 14.7 Å². The summed E-state index contributed by atoms with van der Waals surface area (Å²) >= 11 is 0. The molecule has 63 heavy (non-hydrogen) atoms. The smallest absolute Gasteiger partial charge is 0.138 e. The van der Waals surface area contributed by atoms with Gasteiger partial charge in [-0.3, -0.25) is 0 Å². The molecular formula is C59H39N3O. The standard InChI is InChI=1S/C59H39N3O/c1-4-16-38(17-5-1)51-35-52(39-18-6-2-7-19-39)61-59(60-51)47-32-27-37-15-10-11-22-43(37)44-30-28-40(33-50(44)47)41-29-31-45-46-24-14-25-49-57-48-23-12-13-26-53(48)62(42-20-8-3-9-21-42)54(57)36-56(58(46)49)63-55(45)34-41/h1-26,28-31,33-36,47H,27,32H2. The Bertz CT molecular complexity index is 3540. The lowest BCUT2D eigenvalue weighted by atomic mass is 9.86. The molecule has 0 amide bonds. The molecule has 0 radical (unpaired) electrons. The van der Waals surface area contributed by atoms with Crippen molar-refractivity contribution < 1.29 is 4.74 Å². The van der Waals surface area contributed by atoms with Gasteiger partial charge in [-0.25, -0.2) is 9.97 Å². The monoisotopic (exact) mass is 805 g/mol. The average molecular weight is 806 g/mol. The van der Waals surface area contributed by atoms with Crippen LogP contribution in [-0.2, 0) is 6.42 Å². The van der Waals surface area contributed by atoms with E-state index in [1.165, 1.54) is 49.5 Å². The Morgan fingerprint density at radius 1 is 0.429 bits per heavy atom. The molecule has 4 nitrogen and oxygen atoms in total. The van der Waals surface area contributed by atoms with Crippen LogP contribution in [0.15, 0.2) is 206 Å². The molecule has 0 N–H and O–H groups in total. The van der Waals surface area contributed by atoms with Crippen molar-refractivity contribution in [2.24, 2.45) is 0 Å². The van der Waals surface area contributed by atoms with Crippen molar-refractivity contribution in [1.82, 2.24) is 14.5 Å². The Balaban J connectivity index is 0.966. The van der Waals surface area contributed by atoms with Crippen molar-refractivity contribution in [3.63, 3.8) is 0 Å². The van der Waals surface area contributed by atoms with Crippen LogP contribution in [0.4, 0.5) is 0 Å². The Labute approximate surface area is 365 Å². The maximum Gasteiger partial charge on any atom is 0.138 e. The lowest BCUT2D eigenvalue weighted by molar-refractivity contribution is 0.488. The zero-order chi connectivity index (χ0) is 41.4. The SMILES string of the molecule is c1ccc(-c2cc(-c3ccccc3)nc(C3CCc4ccccc4-c4ccc(-c5ccc6c(c5)Oc5cc7c(c8cccc-6c58)c5ccccc5n7-c5ccccc5)cc43)n2)cc1. The minimum atomic E-state index is -0.0318. The van der Waals surface area contributed by atoms with E-state index in [0.717, 1.165) is 86.0 Å². The molecule has 0 saturated carbocycles. The molecular weight excluding hydrogens is 767 g/mol. The number of rotatable bonds is 5. The van der Waals surface area contributed by atoms with Gasteiger partial charge in [-0.2, -0.15) is 0 Å². The van der Waals surface area contributed by atoms with Gasteiger partial charge in [0.05, 0.1) is 22.4 Å². The molecule has 0 saturated heterocycles. The zero-order valence-electron chi connectivity index (χ0n) is 34.4. The molecule has 1 unspecified atom stereocenters. The highest BCUT2D eigenvalue weighted by Crippen LogP contribution is 2.52. The van der Waals surface area contributed by atoms with Crippen LogP contribution >= 0.6 is 0 Å². The summed E-state index contributed by atoms with van der Waals surface area (Å²) in [6, 6.07) is 74.0. The predicted octanol–water partition coefficient (Wildman–Crippen LogP) is 15.2. The fourth-order valence-electron chi connectivity index (χ4n) is 10.3. The van der Waals surface area contributed by atoms with Gasteiger partial charge in [0, 0.05) is 50.5 Å². The summed E-state index contributed by atoms with van der Waals surface area (Å²) in [6.45, 7) is 0. The molecule has 3 heterocycles. The van der Waals surface area contributed by atoms with Crippen molar-refractivity contribution in [2.45, 2.75) is 18.8 Å². The minimum Gasteiger partial charge on any atom is -0.456 e. The van der Waals surface area contributed by atoms with Crippen LogP contribution in [0.2, 0.25) is 0 Å². The maximum atomic E-state index is 7.05. The number of ether oxygens (including phenoxy) is 1. The highest BCUT2D eigenvalue weighted by Gasteiger charge is 2.29. The summed E-state index contributed by atoms with van der Waals surface area (Å²) in [6.07, 6.45) is 1.82. The molecule has 0 spiro atoms. The number of aromatic nitrogens is 3. The van der Waals surface area contributed by atoms with Gasteiger partial charge in [0.2, 0.25) is 0 Å². The Morgan fingerprint density at radius 2 is 1.06 bits per heavy atom. The Kier molecular flexibility index (Phi) is 8.07. The first kappa shape index (κ1) is 35.7. The van der Waals surface area contributed by atoms with E-state index >= 15 is 0 Å². The summed E-state index contributed by atoms with van der Waals surface area (Å²) in [5.74, 6) is 2.55. The van der Waals surface area contributed by atoms with Crippen molar-refractivity contribution in [2.75, 3.05) is 0 Å². The lowest BCUT2D eigenvalue weighted by Gasteiger charge is -2.23. The first-order chi connectivity index (χ1) is 31.2. The molecule has 2 aromatic heterocycles. The molecule has 296 valence electrons. The van der Waals surface area contributed by atoms with Crippen LogP contribution in [0.25, 0.3) is 94.2 Å². The topological polar surface area (TPSA) is 39.9 Å². The predicted molar refractivity (Wildman–Crippen MR) is 258 cm³/mol. The molecule has 1 aliphatic carbocycles. The summed E-state index contributed by atoms with van der Waals surface area (Å²) in [5.41, 5.74) is 17.1. The molecule has 4 heteroatoms. The molecule has 0 bridgehead atoms. The molecule has 2 aliphatic rings. The van der Waals surface area contributed by atoms with E-state index < -0.39 is 0 Å². The number of hydrogen-bond donors (Lipinski definition) is 0. The first-order valence-corrected chi connectivity index (χ1v) is 21.8. The first-order valence-electron chi connectivity index (χ1n) is 21.8. The number of benzene rings is 9. The highest BCUT2D eigenvalue weighted by molar-refractivity contribution is 6.25. The van der Waals surface area contributed by atoms with Gasteiger partial charge in [0.1, 0.15) is 17.3 Å². The minimum absolute atomic E-state index is 0.0318. The highest BCUT2D eigenvalue weighted by atomic mass is 16.5. The Morgan fingerprint density at radius 3 is 1.84 bits per heavy atom. The number of aryl methyl sites for hydroxylation is 1. The Hall–Kier alpha value is -8.08. The van der Waals surface area contributed by atoms with E-state index in [2.05, 4.69) is 211 Å². The van der Waals surface area contributed by atoms with Gasteiger partial charge in [0.25, 0.3) is 0 Å². The van der Waals surface area contributed by atoms with E-state index in [9.17, 15) is 0 Å². The van der Waals surface area contributed by atoms with Gasteiger partial charge in [-0.15, -0.1) is 0 Å². The van der Waals surface area contributed by atoms with Crippen LogP contribution in [-0.4, -0.2) is 14.5 Å². The summed E-state index contributed by atoms with van der Waals surface area (Å²) in [7, 11) is 0. The maximum absolute atomic E-state index is 7.05. The zero-order valence-corrected chi connectivity index (χ0v) is 34.4. The number of nitrogens with zero attached hydrogens (tertiary/aromatic N) is 3. The van der Waals surface area contributed by atoms with Crippen LogP contribution in [0.5, 0.6) is 11.5 Å². The number of para-hydroxylation sites is 2.